The summed E-state index contributed by atoms with van der Waals surface area (Å²) < 4.78 is 0. The van der Waals surface area contributed by atoms with Gasteiger partial charge in [-0.1, -0.05) is 48.0 Å². The predicted octanol–water partition coefficient (Wildman–Crippen LogP) is 5.20. The summed E-state index contributed by atoms with van der Waals surface area (Å²) in [5.74, 6) is 0.939. The number of aromatic amines is 1. The highest BCUT2D eigenvalue weighted by atomic mass is 35.5. The Labute approximate surface area is 183 Å². The molecule has 0 saturated carbocycles. The van der Waals surface area contributed by atoms with E-state index in [-0.39, 0.29) is 24.8 Å². The van der Waals surface area contributed by atoms with E-state index in [1.165, 1.54) is 11.3 Å². The van der Waals surface area contributed by atoms with Crippen molar-refractivity contribution in [1.29, 1.82) is 0 Å². The van der Waals surface area contributed by atoms with Crippen LogP contribution >= 0.6 is 36.4 Å². The lowest BCUT2D eigenvalue weighted by molar-refractivity contribution is 0.247. The van der Waals surface area contributed by atoms with E-state index in [4.69, 9.17) is 11.6 Å². The molecule has 1 aromatic heterocycles. The number of rotatable bonds is 4. The zero-order chi connectivity index (χ0) is 17.9. The van der Waals surface area contributed by atoms with Crippen molar-refractivity contribution in [3.05, 3.63) is 71.0 Å². The van der Waals surface area contributed by atoms with Gasteiger partial charge in [0.15, 0.2) is 0 Å². The van der Waals surface area contributed by atoms with Crippen LogP contribution in [0.5, 0.6) is 0 Å². The summed E-state index contributed by atoms with van der Waals surface area (Å²) in [6.45, 7) is 7.15. The van der Waals surface area contributed by atoms with Gasteiger partial charge in [-0.2, -0.15) is 0 Å². The largest absolute Gasteiger partial charge is 0.369 e. The van der Waals surface area contributed by atoms with Crippen molar-refractivity contribution in [2.45, 2.75) is 13.5 Å². The molecule has 0 radical (unpaired) electrons. The number of nitrogens with one attached hydrogen (secondary N) is 1. The third-order valence-electron chi connectivity index (χ3n) is 4.95. The van der Waals surface area contributed by atoms with E-state index in [0.717, 1.165) is 54.8 Å². The Balaban J connectivity index is 0.00000140. The van der Waals surface area contributed by atoms with Crippen LogP contribution < -0.4 is 4.90 Å². The lowest BCUT2D eigenvalue weighted by atomic mass is 10.1. The first kappa shape index (κ1) is 22.6. The van der Waals surface area contributed by atoms with E-state index in [1.54, 1.807) is 0 Å². The van der Waals surface area contributed by atoms with Gasteiger partial charge in [0.2, 0.25) is 0 Å². The standard InChI is InChI=1S/C21H23ClN4.2ClH/c1-16-7-8-18(22)13-20(16)26-11-9-25(10-12-26)15-19-14-23-21(24-19)17-5-3-2-4-6-17;;/h2-8,13-14H,9-12,15H2,1H3,(H,23,24);2*1H. The zero-order valence-corrected chi connectivity index (χ0v) is 18.2. The molecular weight excluding hydrogens is 415 g/mol. The molecule has 3 aromatic rings. The highest BCUT2D eigenvalue weighted by Crippen LogP contribution is 2.25. The Morgan fingerprint density at radius 2 is 1.71 bits per heavy atom. The smallest absolute Gasteiger partial charge is 0.137 e. The van der Waals surface area contributed by atoms with E-state index in [0.29, 0.717) is 0 Å². The van der Waals surface area contributed by atoms with Crippen LogP contribution in [-0.2, 0) is 6.54 Å². The second-order valence-corrected chi connectivity index (χ2v) is 7.25. The summed E-state index contributed by atoms with van der Waals surface area (Å²) in [7, 11) is 0. The second-order valence-electron chi connectivity index (χ2n) is 6.82. The van der Waals surface area contributed by atoms with Crippen molar-refractivity contribution in [3.63, 3.8) is 0 Å². The molecule has 4 nitrogen and oxygen atoms in total. The highest BCUT2D eigenvalue weighted by molar-refractivity contribution is 6.30. The monoisotopic (exact) mass is 438 g/mol. The van der Waals surface area contributed by atoms with E-state index < -0.39 is 0 Å². The van der Waals surface area contributed by atoms with Gasteiger partial charge in [-0.05, 0) is 24.6 Å². The molecule has 0 bridgehead atoms. The normalized spacial score (nSPS) is 14.3. The third kappa shape index (κ3) is 5.21. The highest BCUT2D eigenvalue weighted by Gasteiger charge is 2.19. The molecule has 28 heavy (non-hydrogen) atoms. The SMILES string of the molecule is Cc1ccc(Cl)cc1N1CCN(Cc2cnc(-c3ccccc3)[nH]2)CC1.Cl.Cl. The molecule has 0 unspecified atom stereocenters. The Kier molecular flexibility index (Phi) is 8.20. The number of benzene rings is 2. The van der Waals surface area contributed by atoms with Crippen LogP contribution in [0.15, 0.2) is 54.7 Å². The molecule has 1 aliphatic heterocycles. The number of aromatic nitrogens is 2. The molecule has 1 saturated heterocycles. The fraction of sp³-hybridized carbons (Fsp3) is 0.286. The van der Waals surface area contributed by atoms with Gasteiger partial charge in [0.05, 0.1) is 0 Å². The number of H-pyrrole nitrogens is 1. The van der Waals surface area contributed by atoms with Crippen LogP contribution in [0.1, 0.15) is 11.3 Å². The van der Waals surface area contributed by atoms with Crippen LogP contribution in [0.3, 0.4) is 0 Å². The molecule has 150 valence electrons. The van der Waals surface area contributed by atoms with Gasteiger partial charge >= 0.3 is 0 Å². The molecule has 7 heteroatoms. The average molecular weight is 440 g/mol. The van der Waals surface area contributed by atoms with Crippen molar-refractivity contribution >= 4 is 42.1 Å². The fourth-order valence-electron chi connectivity index (χ4n) is 3.49. The van der Waals surface area contributed by atoms with Crippen LogP contribution in [0, 0.1) is 6.92 Å². The maximum absolute atomic E-state index is 6.18. The minimum atomic E-state index is 0. The van der Waals surface area contributed by atoms with Crippen LogP contribution in [0.25, 0.3) is 11.4 Å². The van der Waals surface area contributed by atoms with Gasteiger partial charge in [-0.25, -0.2) is 4.98 Å². The summed E-state index contributed by atoms with van der Waals surface area (Å²) in [6, 6.07) is 16.4. The fourth-order valence-corrected chi connectivity index (χ4v) is 3.66. The van der Waals surface area contributed by atoms with E-state index in [2.05, 4.69) is 51.0 Å². The van der Waals surface area contributed by atoms with Gasteiger partial charge < -0.3 is 9.88 Å². The van der Waals surface area contributed by atoms with Crippen molar-refractivity contribution < 1.29 is 0 Å². The second kappa shape index (κ2) is 10.2. The van der Waals surface area contributed by atoms with Crippen molar-refractivity contribution in [2.24, 2.45) is 0 Å². The zero-order valence-electron chi connectivity index (χ0n) is 15.8. The van der Waals surface area contributed by atoms with Gasteiger partial charge in [-0.3, -0.25) is 4.90 Å². The van der Waals surface area contributed by atoms with E-state index >= 15 is 0 Å². The molecule has 0 amide bonds. The number of imidazole rings is 1. The van der Waals surface area contributed by atoms with Gasteiger partial charge in [0.1, 0.15) is 5.82 Å². The average Bonchev–Trinajstić information content (AvgIpc) is 3.14. The maximum atomic E-state index is 6.18. The number of hydrogen-bond donors (Lipinski definition) is 1. The minimum Gasteiger partial charge on any atom is -0.369 e. The molecule has 2 heterocycles. The first-order valence-corrected chi connectivity index (χ1v) is 9.39. The van der Waals surface area contributed by atoms with Crippen molar-refractivity contribution in [1.82, 2.24) is 14.9 Å². The summed E-state index contributed by atoms with van der Waals surface area (Å²) >= 11 is 6.18. The Bertz CT molecular complexity index is 874. The molecule has 1 fully saturated rings. The van der Waals surface area contributed by atoms with E-state index in [1.807, 2.05) is 30.5 Å². The Morgan fingerprint density at radius 1 is 1.00 bits per heavy atom. The summed E-state index contributed by atoms with van der Waals surface area (Å²) in [5, 5.41) is 0.805. The van der Waals surface area contributed by atoms with Crippen LogP contribution in [0.2, 0.25) is 5.02 Å². The molecule has 0 atom stereocenters. The van der Waals surface area contributed by atoms with Gasteiger partial charge in [0.25, 0.3) is 0 Å². The Morgan fingerprint density at radius 3 is 2.43 bits per heavy atom. The quantitative estimate of drug-likeness (QED) is 0.606. The summed E-state index contributed by atoms with van der Waals surface area (Å²) in [4.78, 5) is 12.9. The summed E-state index contributed by atoms with van der Waals surface area (Å²) in [6.07, 6.45) is 1.95. The van der Waals surface area contributed by atoms with Gasteiger partial charge in [0, 0.05) is 60.9 Å². The first-order valence-electron chi connectivity index (χ1n) is 9.02. The van der Waals surface area contributed by atoms with Gasteiger partial charge in [-0.15, -0.1) is 24.8 Å². The van der Waals surface area contributed by atoms with E-state index in [9.17, 15) is 0 Å². The molecule has 0 spiro atoms. The van der Waals surface area contributed by atoms with Crippen LogP contribution in [-0.4, -0.2) is 41.0 Å². The molecule has 0 aliphatic carbocycles. The molecule has 1 aliphatic rings. The maximum Gasteiger partial charge on any atom is 0.137 e. The first-order chi connectivity index (χ1) is 12.7. The molecule has 4 rings (SSSR count). The Hall–Kier alpha value is -1.72. The van der Waals surface area contributed by atoms with Crippen molar-refractivity contribution in [2.75, 3.05) is 31.1 Å². The number of hydrogen-bond acceptors (Lipinski definition) is 3. The van der Waals surface area contributed by atoms with Crippen LogP contribution in [0.4, 0.5) is 5.69 Å². The topological polar surface area (TPSA) is 35.2 Å². The number of aryl methyl sites for hydroxylation is 1. The lowest BCUT2D eigenvalue weighted by Gasteiger charge is -2.36. The molecular formula is C21H25Cl3N4. The molecule has 2 aromatic carbocycles. The number of nitrogens with zero attached hydrogens (tertiary/aromatic N) is 3. The third-order valence-corrected chi connectivity index (χ3v) is 5.19. The minimum absolute atomic E-state index is 0. The molecule has 1 N–H and O–H groups in total. The number of piperazine rings is 1. The predicted molar refractivity (Wildman–Crippen MR) is 122 cm³/mol. The lowest BCUT2D eigenvalue weighted by Crippen LogP contribution is -2.46. The number of halogens is 3. The van der Waals surface area contributed by atoms with Crippen molar-refractivity contribution in [3.8, 4) is 11.4 Å². The summed E-state index contributed by atoms with van der Waals surface area (Å²) in [5.41, 5.74) is 4.82. The number of anilines is 1.